The van der Waals surface area contributed by atoms with Gasteiger partial charge in [-0.25, -0.2) is 4.98 Å². The molecule has 1 aromatic heterocycles. The van der Waals surface area contributed by atoms with Crippen LogP contribution in [0.2, 0.25) is 5.15 Å². The number of pyridine rings is 1. The fourth-order valence-electron chi connectivity index (χ4n) is 1.29. The van der Waals surface area contributed by atoms with Gasteiger partial charge in [0.25, 0.3) is 5.91 Å². The second-order valence-electron chi connectivity index (χ2n) is 5.01. The number of aromatic nitrogens is 1. The van der Waals surface area contributed by atoms with E-state index in [0.29, 0.717) is 21.7 Å². The first-order valence-corrected chi connectivity index (χ1v) is 6.67. The Labute approximate surface area is 121 Å². The number of hydrogen-bond donors (Lipinski definition) is 1. The Hall–Kier alpha value is -0.870. The second kappa shape index (κ2) is 5.85. The van der Waals surface area contributed by atoms with Crippen LogP contribution in [0.25, 0.3) is 0 Å². The number of hydrogen-bond acceptors (Lipinski definition) is 2. The minimum absolute atomic E-state index is 0.154. The molecule has 0 saturated carbocycles. The van der Waals surface area contributed by atoms with Gasteiger partial charge in [0.05, 0.1) is 0 Å². The van der Waals surface area contributed by atoms with Crippen molar-refractivity contribution in [2.24, 2.45) is 0 Å². The van der Waals surface area contributed by atoms with Gasteiger partial charge in [0, 0.05) is 27.7 Å². The summed E-state index contributed by atoms with van der Waals surface area (Å²) in [5, 5.41) is 3.06. The van der Waals surface area contributed by atoms with Gasteiger partial charge in [-0.2, -0.15) is 0 Å². The third-order valence-corrected chi connectivity index (χ3v) is 2.74. The SMILES string of the molecule is C=C(Br)CNC(=O)c1cc(Cl)nc(C(C)(C)C)c1. The standard InChI is InChI=1S/C13H16BrClN2O/c1-8(14)7-16-12(18)9-5-10(13(2,3)4)17-11(15)6-9/h5-6H,1,7H2,2-4H3,(H,16,18). The molecule has 1 N–H and O–H groups in total. The molecule has 18 heavy (non-hydrogen) atoms. The van der Waals surface area contributed by atoms with E-state index in [4.69, 9.17) is 11.6 Å². The topological polar surface area (TPSA) is 42.0 Å². The number of carbonyl (C=O) groups excluding carboxylic acids is 1. The van der Waals surface area contributed by atoms with Gasteiger partial charge in [0.15, 0.2) is 0 Å². The van der Waals surface area contributed by atoms with E-state index >= 15 is 0 Å². The summed E-state index contributed by atoms with van der Waals surface area (Å²) in [6.45, 7) is 10.1. The number of nitrogens with zero attached hydrogens (tertiary/aromatic N) is 1. The van der Waals surface area contributed by atoms with Crippen molar-refractivity contribution in [1.29, 1.82) is 0 Å². The smallest absolute Gasteiger partial charge is 0.251 e. The van der Waals surface area contributed by atoms with Gasteiger partial charge in [-0.3, -0.25) is 4.79 Å². The molecule has 3 nitrogen and oxygen atoms in total. The van der Waals surface area contributed by atoms with Crippen molar-refractivity contribution in [2.45, 2.75) is 26.2 Å². The summed E-state index contributed by atoms with van der Waals surface area (Å²) in [5.41, 5.74) is 1.14. The molecule has 1 aromatic rings. The lowest BCUT2D eigenvalue weighted by molar-refractivity contribution is 0.0957. The number of nitrogens with one attached hydrogen (secondary N) is 1. The lowest BCUT2D eigenvalue weighted by Crippen LogP contribution is -2.25. The van der Waals surface area contributed by atoms with E-state index in [0.717, 1.165) is 5.69 Å². The van der Waals surface area contributed by atoms with Crippen LogP contribution >= 0.6 is 27.5 Å². The van der Waals surface area contributed by atoms with Crippen LogP contribution in [0, 0.1) is 0 Å². The Morgan fingerprint density at radius 1 is 1.50 bits per heavy atom. The zero-order valence-electron chi connectivity index (χ0n) is 10.7. The predicted molar refractivity (Wildman–Crippen MR) is 78.3 cm³/mol. The van der Waals surface area contributed by atoms with E-state index in [1.807, 2.05) is 20.8 Å². The highest BCUT2D eigenvalue weighted by Crippen LogP contribution is 2.23. The van der Waals surface area contributed by atoms with E-state index in [1.165, 1.54) is 0 Å². The molecule has 0 atom stereocenters. The van der Waals surface area contributed by atoms with E-state index in [2.05, 4.69) is 32.8 Å². The summed E-state index contributed by atoms with van der Waals surface area (Å²) in [6.07, 6.45) is 0. The van der Waals surface area contributed by atoms with E-state index in [9.17, 15) is 4.79 Å². The monoisotopic (exact) mass is 330 g/mol. The molecule has 0 bridgehead atoms. The lowest BCUT2D eigenvalue weighted by Gasteiger charge is -2.18. The Morgan fingerprint density at radius 2 is 2.11 bits per heavy atom. The summed E-state index contributed by atoms with van der Waals surface area (Å²) in [4.78, 5) is 16.2. The van der Waals surface area contributed by atoms with Crippen molar-refractivity contribution in [1.82, 2.24) is 10.3 Å². The molecule has 5 heteroatoms. The molecule has 0 fully saturated rings. The van der Waals surface area contributed by atoms with Crippen LogP contribution in [0.5, 0.6) is 0 Å². The zero-order valence-corrected chi connectivity index (χ0v) is 13.0. The fraction of sp³-hybridized carbons (Fsp3) is 0.385. The molecule has 0 aliphatic carbocycles. The van der Waals surface area contributed by atoms with Crippen LogP contribution in [-0.2, 0) is 5.41 Å². The zero-order chi connectivity index (χ0) is 13.9. The first-order chi connectivity index (χ1) is 8.20. The molecule has 0 spiro atoms. The molecule has 1 rings (SSSR count). The normalized spacial score (nSPS) is 11.2. The summed E-state index contributed by atoms with van der Waals surface area (Å²) in [7, 11) is 0. The molecule has 1 heterocycles. The Balaban J connectivity index is 2.99. The molecule has 1 amide bonds. The van der Waals surface area contributed by atoms with Gasteiger partial charge in [0.2, 0.25) is 0 Å². The van der Waals surface area contributed by atoms with Gasteiger partial charge in [-0.15, -0.1) is 0 Å². The molecular weight excluding hydrogens is 316 g/mol. The van der Waals surface area contributed by atoms with Crippen molar-refractivity contribution in [3.05, 3.63) is 39.6 Å². The van der Waals surface area contributed by atoms with Crippen molar-refractivity contribution < 1.29 is 4.79 Å². The lowest BCUT2D eigenvalue weighted by atomic mass is 9.91. The van der Waals surface area contributed by atoms with Crippen LogP contribution in [-0.4, -0.2) is 17.4 Å². The maximum absolute atomic E-state index is 11.9. The van der Waals surface area contributed by atoms with Crippen molar-refractivity contribution in [3.8, 4) is 0 Å². The van der Waals surface area contributed by atoms with Crippen LogP contribution in [0.1, 0.15) is 36.8 Å². The van der Waals surface area contributed by atoms with Gasteiger partial charge in [0.1, 0.15) is 5.15 Å². The van der Waals surface area contributed by atoms with Crippen LogP contribution in [0.15, 0.2) is 23.2 Å². The van der Waals surface area contributed by atoms with Gasteiger partial charge < -0.3 is 5.32 Å². The van der Waals surface area contributed by atoms with Crippen LogP contribution < -0.4 is 5.32 Å². The highest BCUT2D eigenvalue weighted by molar-refractivity contribution is 9.11. The maximum Gasteiger partial charge on any atom is 0.251 e. The van der Waals surface area contributed by atoms with Crippen molar-refractivity contribution in [2.75, 3.05) is 6.54 Å². The summed E-state index contributed by atoms with van der Waals surface area (Å²) < 4.78 is 0.715. The highest BCUT2D eigenvalue weighted by atomic mass is 79.9. The second-order valence-corrected chi connectivity index (χ2v) is 6.52. The first-order valence-electron chi connectivity index (χ1n) is 5.49. The fourth-order valence-corrected chi connectivity index (χ4v) is 1.64. The van der Waals surface area contributed by atoms with Crippen molar-refractivity contribution >= 4 is 33.4 Å². The number of carbonyl (C=O) groups is 1. The van der Waals surface area contributed by atoms with Crippen LogP contribution in [0.4, 0.5) is 0 Å². The largest absolute Gasteiger partial charge is 0.347 e. The van der Waals surface area contributed by atoms with Gasteiger partial charge >= 0.3 is 0 Å². The van der Waals surface area contributed by atoms with Gasteiger partial charge in [-0.1, -0.05) is 54.9 Å². The Morgan fingerprint density at radius 3 is 2.61 bits per heavy atom. The predicted octanol–water partition coefficient (Wildman–Crippen LogP) is 3.67. The average Bonchev–Trinajstić information content (AvgIpc) is 2.23. The molecule has 98 valence electrons. The number of amides is 1. The number of rotatable bonds is 3. The third kappa shape index (κ3) is 4.42. The van der Waals surface area contributed by atoms with E-state index < -0.39 is 0 Å². The van der Waals surface area contributed by atoms with Crippen LogP contribution in [0.3, 0.4) is 0 Å². The highest BCUT2D eigenvalue weighted by Gasteiger charge is 2.18. The molecule has 0 saturated heterocycles. The van der Waals surface area contributed by atoms with E-state index in [-0.39, 0.29) is 11.3 Å². The average molecular weight is 332 g/mol. The van der Waals surface area contributed by atoms with Gasteiger partial charge in [-0.05, 0) is 12.1 Å². The molecule has 0 aromatic carbocycles. The maximum atomic E-state index is 11.9. The quantitative estimate of drug-likeness (QED) is 0.859. The molecule has 0 unspecified atom stereocenters. The first kappa shape index (κ1) is 15.2. The summed E-state index contributed by atoms with van der Waals surface area (Å²) in [5.74, 6) is -0.189. The molecule has 0 radical (unpaired) electrons. The minimum Gasteiger partial charge on any atom is -0.347 e. The Bertz CT molecular complexity index is 480. The molecular formula is C13H16BrClN2O. The number of halogens is 2. The summed E-state index contributed by atoms with van der Waals surface area (Å²) >= 11 is 9.13. The third-order valence-electron chi connectivity index (χ3n) is 2.27. The summed E-state index contributed by atoms with van der Waals surface area (Å²) in [6, 6.07) is 3.32. The van der Waals surface area contributed by atoms with Crippen molar-refractivity contribution in [3.63, 3.8) is 0 Å². The molecule has 0 aliphatic rings. The molecule has 0 aliphatic heterocycles. The minimum atomic E-state index is -0.189. The Kier molecular flexibility index (Phi) is 4.93. The van der Waals surface area contributed by atoms with E-state index in [1.54, 1.807) is 12.1 Å².